The molecule has 1 aromatic rings. The van der Waals surface area contributed by atoms with Gasteiger partial charge in [0.05, 0.1) is 7.11 Å². The molecule has 68 valence electrons. The predicted molar refractivity (Wildman–Crippen MR) is 52.1 cm³/mol. The second-order valence-corrected chi connectivity index (χ2v) is 2.59. The number of hydrogen-bond donors (Lipinski definition) is 0. The average Bonchev–Trinajstić information content (AvgIpc) is 2.18. The predicted octanol–water partition coefficient (Wildman–Crippen LogP) is 2.45. The van der Waals surface area contributed by atoms with Crippen LogP contribution < -0.4 is 4.74 Å². The van der Waals surface area contributed by atoms with Crippen LogP contribution in [-0.2, 0) is 0 Å². The van der Waals surface area contributed by atoms with Crippen LogP contribution in [-0.4, -0.2) is 12.9 Å². The van der Waals surface area contributed by atoms with Crippen LogP contribution in [0.3, 0.4) is 0 Å². The number of benzene rings is 1. The maximum absolute atomic E-state index is 11.3. The lowest BCUT2D eigenvalue weighted by Gasteiger charge is -1.99. The topological polar surface area (TPSA) is 26.3 Å². The van der Waals surface area contributed by atoms with Crippen LogP contribution in [0.25, 0.3) is 0 Å². The van der Waals surface area contributed by atoms with Gasteiger partial charge in [0.15, 0.2) is 5.78 Å². The summed E-state index contributed by atoms with van der Waals surface area (Å²) in [5, 5.41) is 0. The molecule has 0 aromatic heterocycles. The molecule has 0 radical (unpaired) electrons. The fraction of sp³-hybridized carbons (Fsp3) is 0.182. The van der Waals surface area contributed by atoms with Gasteiger partial charge >= 0.3 is 0 Å². The highest BCUT2D eigenvalue weighted by atomic mass is 16.5. The lowest BCUT2D eigenvalue weighted by molar-refractivity contribution is 0.104. The molecule has 1 aromatic carbocycles. The average molecular weight is 176 g/mol. The van der Waals surface area contributed by atoms with Crippen LogP contribution >= 0.6 is 0 Å². The molecule has 13 heavy (non-hydrogen) atoms. The molecule has 0 atom stereocenters. The number of methoxy groups -OCH3 is 1. The number of carbonyl (C=O) groups is 1. The van der Waals surface area contributed by atoms with E-state index in [1.807, 2.05) is 6.92 Å². The number of rotatable bonds is 3. The Morgan fingerprint density at radius 2 is 1.92 bits per heavy atom. The van der Waals surface area contributed by atoms with E-state index in [1.165, 1.54) is 0 Å². The first-order valence-corrected chi connectivity index (χ1v) is 4.09. The minimum atomic E-state index is 0.0187. The molecule has 0 saturated carbocycles. The van der Waals surface area contributed by atoms with E-state index >= 15 is 0 Å². The van der Waals surface area contributed by atoms with Crippen LogP contribution in [0.1, 0.15) is 17.3 Å². The highest BCUT2D eigenvalue weighted by Crippen LogP contribution is 2.11. The molecule has 0 heterocycles. The Labute approximate surface area is 77.8 Å². The molecule has 0 aliphatic carbocycles. The van der Waals surface area contributed by atoms with Gasteiger partial charge in [-0.2, -0.15) is 0 Å². The van der Waals surface area contributed by atoms with E-state index < -0.39 is 0 Å². The Kier molecular flexibility index (Phi) is 3.26. The van der Waals surface area contributed by atoms with Crippen LogP contribution in [0, 0.1) is 0 Å². The van der Waals surface area contributed by atoms with Crippen molar-refractivity contribution >= 4 is 5.78 Å². The highest BCUT2D eigenvalue weighted by Gasteiger charge is 2.00. The van der Waals surface area contributed by atoms with Crippen LogP contribution in [0.15, 0.2) is 36.4 Å². The largest absolute Gasteiger partial charge is 0.497 e. The zero-order chi connectivity index (χ0) is 9.68. The van der Waals surface area contributed by atoms with E-state index in [0.717, 1.165) is 5.75 Å². The summed E-state index contributed by atoms with van der Waals surface area (Å²) >= 11 is 0. The fourth-order valence-corrected chi connectivity index (χ4v) is 1.00. The zero-order valence-electron chi connectivity index (χ0n) is 7.78. The Morgan fingerprint density at radius 1 is 1.31 bits per heavy atom. The van der Waals surface area contributed by atoms with E-state index in [2.05, 4.69) is 0 Å². The van der Waals surface area contributed by atoms with Crippen molar-refractivity contribution in [2.24, 2.45) is 0 Å². The number of hydrogen-bond acceptors (Lipinski definition) is 2. The lowest BCUT2D eigenvalue weighted by Crippen LogP contribution is -1.93. The fourth-order valence-electron chi connectivity index (χ4n) is 1.00. The van der Waals surface area contributed by atoms with E-state index in [-0.39, 0.29) is 5.78 Å². The van der Waals surface area contributed by atoms with Gasteiger partial charge in [0.25, 0.3) is 0 Å². The summed E-state index contributed by atoms with van der Waals surface area (Å²) in [7, 11) is 1.60. The Balaban J connectivity index is 2.85. The molecule has 0 unspecified atom stereocenters. The normalized spacial score (nSPS) is 10.3. The van der Waals surface area contributed by atoms with Crippen molar-refractivity contribution in [1.29, 1.82) is 0 Å². The van der Waals surface area contributed by atoms with Crippen molar-refractivity contribution in [3.63, 3.8) is 0 Å². The second kappa shape index (κ2) is 4.45. The van der Waals surface area contributed by atoms with Gasteiger partial charge < -0.3 is 4.74 Å². The van der Waals surface area contributed by atoms with Gasteiger partial charge in [-0.05, 0) is 37.3 Å². The number of ketones is 1. The third-order valence-corrected chi connectivity index (χ3v) is 1.69. The SMILES string of the molecule is C/C=C/C(=O)c1ccc(OC)cc1. The van der Waals surface area contributed by atoms with Crippen LogP contribution in [0.5, 0.6) is 5.75 Å². The molecule has 0 spiro atoms. The van der Waals surface area contributed by atoms with Crippen molar-refractivity contribution in [1.82, 2.24) is 0 Å². The molecular formula is C11H12O2. The quantitative estimate of drug-likeness (QED) is 0.522. The molecule has 2 nitrogen and oxygen atoms in total. The number of ether oxygens (including phenoxy) is 1. The van der Waals surface area contributed by atoms with Gasteiger partial charge in [-0.25, -0.2) is 0 Å². The first kappa shape index (κ1) is 9.52. The molecule has 0 aliphatic heterocycles. The second-order valence-electron chi connectivity index (χ2n) is 2.59. The maximum Gasteiger partial charge on any atom is 0.185 e. The number of allylic oxidation sites excluding steroid dienone is 2. The van der Waals surface area contributed by atoms with E-state index in [0.29, 0.717) is 5.56 Å². The summed E-state index contributed by atoms with van der Waals surface area (Å²) in [5.74, 6) is 0.780. The van der Waals surface area contributed by atoms with Crippen molar-refractivity contribution < 1.29 is 9.53 Å². The third-order valence-electron chi connectivity index (χ3n) is 1.69. The molecular weight excluding hydrogens is 164 g/mol. The highest BCUT2D eigenvalue weighted by molar-refractivity contribution is 6.04. The summed E-state index contributed by atoms with van der Waals surface area (Å²) in [6.07, 6.45) is 3.27. The zero-order valence-corrected chi connectivity index (χ0v) is 7.78. The Hall–Kier alpha value is -1.57. The van der Waals surface area contributed by atoms with Crippen molar-refractivity contribution in [2.45, 2.75) is 6.92 Å². The Bertz CT molecular complexity index is 309. The monoisotopic (exact) mass is 176 g/mol. The smallest absolute Gasteiger partial charge is 0.185 e. The molecule has 0 fully saturated rings. The van der Waals surface area contributed by atoms with Crippen molar-refractivity contribution in [3.05, 3.63) is 42.0 Å². The van der Waals surface area contributed by atoms with Gasteiger partial charge in [0, 0.05) is 5.56 Å². The molecule has 0 amide bonds. The first-order chi connectivity index (χ1) is 6.27. The molecule has 0 saturated heterocycles. The van der Waals surface area contributed by atoms with Crippen molar-refractivity contribution in [2.75, 3.05) is 7.11 Å². The minimum Gasteiger partial charge on any atom is -0.497 e. The Morgan fingerprint density at radius 3 is 2.38 bits per heavy atom. The molecule has 0 N–H and O–H groups in total. The van der Waals surface area contributed by atoms with E-state index in [1.54, 1.807) is 43.5 Å². The van der Waals surface area contributed by atoms with Gasteiger partial charge in [0.1, 0.15) is 5.75 Å². The van der Waals surface area contributed by atoms with E-state index in [4.69, 9.17) is 4.74 Å². The summed E-state index contributed by atoms with van der Waals surface area (Å²) in [5.41, 5.74) is 0.680. The van der Waals surface area contributed by atoms with Crippen LogP contribution in [0.2, 0.25) is 0 Å². The summed E-state index contributed by atoms with van der Waals surface area (Å²) in [6, 6.07) is 7.05. The van der Waals surface area contributed by atoms with Gasteiger partial charge in [-0.15, -0.1) is 0 Å². The summed E-state index contributed by atoms with van der Waals surface area (Å²) < 4.78 is 4.98. The number of carbonyl (C=O) groups excluding carboxylic acids is 1. The van der Waals surface area contributed by atoms with Gasteiger partial charge in [0.2, 0.25) is 0 Å². The van der Waals surface area contributed by atoms with Crippen molar-refractivity contribution in [3.8, 4) is 5.75 Å². The molecule has 0 bridgehead atoms. The summed E-state index contributed by atoms with van der Waals surface area (Å²) in [6.45, 7) is 1.82. The van der Waals surface area contributed by atoms with Gasteiger partial charge in [-0.1, -0.05) is 6.08 Å². The van der Waals surface area contributed by atoms with E-state index in [9.17, 15) is 4.79 Å². The summed E-state index contributed by atoms with van der Waals surface area (Å²) in [4.78, 5) is 11.3. The standard InChI is InChI=1S/C11H12O2/c1-3-4-11(12)9-5-7-10(13-2)8-6-9/h3-8H,1-2H3/b4-3+. The first-order valence-electron chi connectivity index (χ1n) is 4.09. The molecule has 0 aliphatic rings. The third kappa shape index (κ3) is 2.44. The maximum atomic E-state index is 11.3. The molecule has 1 rings (SSSR count). The van der Waals surface area contributed by atoms with Crippen LogP contribution in [0.4, 0.5) is 0 Å². The van der Waals surface area contributed by atoms with Gasteiger partial charge in [-0.3, -0.25) is 4.79 Å². The lowest BCUT2D eigenvalue weighted by atomic mass is 10.1. The molecule has 2 heteroatoms. The minimum absolute atomic E-state index is 0.0187.